The van der Waals surface area contributed by atoms with Crippen LogP contribution in [0.3, 0.4) is 0 Å². The van der Waals surface area contributed by atoms with Gasteiger partial charge in [-0.3, -0.25) is 0 Å². The summed E-state index contributed by atoms with van der Waals surface area (Å²) < 4.78 is 27.7. The Morgan fingerprint density at radius 2 is 1.89 bits per heavy atom. The van der Waals surface area contributed by atoms with E-state index in [1.165, 1.54) is 6.07 Å². The highest BCUT2D eigenvalue weighted by atomic mass is 19.2. The van der Waals surface area contributed by atoms with E-state index in [2.05, 4.69) is 10.3 Å². The third-order valence-corrected chi connectivity index (χ3v) is 2.79. The van der Waals surface area contributed by atoms with Gasteiger partial charge in [-0.15, -0.1) is 5.10 Å². The molecule has 0 saturated carbocycles. The van der Waals surface area contributed by atoms with Crippen molar-refractivity contribution in [3.63, 3.8) is 0 Å². The van der Waals surface area contributed by atoms with Gasteiger partial charge in [-0.25, -0.2) is 13.5 Å². The summed E-state index contributed by atoms with van der Waals surface area (Å²) in [5.74, 6) is -1.38. The molecule has 0 aliphatic rings. The van der Waals surface area contributed by atoms with Gasteiger partial charge in [0.1, 0.15) is 0 Å². The molecule has 19 heavy (non-hydrogen) atoms. The number of hydrogen-bond donors (Lipinski definition) is 1. The van der Waals surface area contributed by atoms with Crippen molar-refractivity contribution in [2.24, 2.45) is 0 Å². The van der Waals surface area contributed by atoms with Crippen molar-refractivity contribution in [1.82, 2.24) is 15.0 Å². The molecule has 1 aromatic carbocycles. The molecule has 6 heteroatoms. The van der Waals surface area contributed by atoms with Crippen LogP contribution in [0.2, 0.25) is 0 Å². The molecule has 1 aromatic heterocycles. The van der Waals surface area contributed by atoms with Gasteiger partial charge in [0.2, 0.25) is 0 Å². The average Bonchev–Trinajstić information content (AvgIpc) is 2.64. The number of nitrogens with zero attached hydrogens (tertiary/aromatic N) is 3. The van der Waals surface area contributed by atoms with Crippen LogP contribution in [-0.2, 0) is 12.0 Å². The van der Waals surface area contributed by atoms with Gasteiger partial charge in [-0.1, -0.05) is 32.1 Å². The van der Waals surface area contributed by atoms with E-state index in [0.717, 1.165) is 17.8 Å². The first kappa shape index (κ1) is 13.5. The van der Waals surface area contributed by atoms with Gasteiger partial charge in [0.25, 0.3) is 0 Å². The SMILES string of the molecule is CC(C)(C)c1c(N)nnn1Cc1ccc(F)c(F)c1. The molecule has 0 saturated heterocycles. The van der Waals surface area contributed by atoms with Gasteiger partial charge in [-0.2, -0.15) is 0 Å². The predicted molar refractivity (Wildman–Crippen MR) is 68.6 cm³/mol. The maximum absolute atomic E-state index is 13.2. The molecule has 2 N–H and O–H groups in total. The van der Waals surface area contributed by atoms with Crippen LogP contribution < -0.4 is 5.73 Å². The first-order valence-electron chi connectivity index (χ1n) is 5.92. The van der Waals surface area contributed by atoms with Gasteiger partial charge in [0.15, 0.2) is 17.5 Å². The van der Waals surface area contributed by atoms with Gasteiger partial charge in [0, 0.05) is 5.41 Å². The lowest BCUT2D eigenvalue weighted by molar-refractivity contribution is 0.493. The van der Waals surface area contributed by atoms with Crippen molar-refractivity contribution in [1.29, 1.82) is 0 Å². The van der Waals surface area contributed by atoms with Crippen molar-refractivity contribution in [2.45, 2.75) is 32.7 Å². The van der Waals surface area contributed by atoms with E-state index in [4.69, 9.17) is 5.73 Å². The van der Waals surface area contributed by atoms with Gasteiger partial charge < -0.3 is 5.73 Å². The minimum Gasteiger partial charge on any atom is -0.381 e. The van der Waals surface area contributed by atoms with E-state index in [-0.39, 0.29) is 5.41 Å². The van der Waals surface area contributed by atoms with Crippen molar-refractivity contribution in [3.05, 3.63) is 41.1 Å². The Balaban J connectivity index is 2.36. The molecule has 0 aliphatic carbocycles. The standard InChI is InChI=1S/C13H16F2N4/c1-13(2,3)11-12(16)17-18-19(11)7-8-4-5-9(14)10(15)6-8/h4-6H,7,16H2,1-3H3. The normalized spacial score (nSPS) is 11.8. The highest BCUT2D eigenvalue weighted by molar-refractivity contribution is 5.38. The van der Waals surface area contributed by atoms with Gasteiger partial charge >= 0.3 is 0 Å². The van der Waals surface area contributed by atoms with E-state index < -0.39 is 11.6 Å². The Labute approximate surface area is 110 Å². The summed E-state index contributed by atoms with van der Waals surface area (Å²) in [4.78, 5) is 0. The number of nitrogen functional groups attached to an aromatic ring is 1. The number of nitrogens with two attached hydrogens (primary N) is 1. The molecule has 0 spiro atoms. The molecular formula is C13H16F2N4. The maximum Gasteiger partial charge on any atom is 0.169 e. The van der Waals surface area contributed by atoms with Gasteiger partial charge in [-0.05, 0) is 17.7 Å². The second kappa shape index (κ2) is 4.60. The zero-order valence-corrected chi connectivity index (χ0v) is 11.1. The Hall–Kier alpha value is -1.98. The van der Waals surface area contributed by atoms with E-state index in [1.807, 2.05) is 20.8 Å². The summed E-state index contributed by atoms with van der Waals surface area (Å²) in [5, 5.41) is 7.80. The molecule has 0 aliphatic heterocycles. The summed E-state index contributed by atoms with van der Waals surface area (Å²) >= 11 is 0. The summed E-state index contributed by atoms with van der Waals surface area (Å²) in [5.41, 5.74) is 6.96. The first-order valence-corrected chi connectivity index (χ1v) is 5.92. The maximum atomic E-state index is 13.2. The number of halogens is 2. The number of hydrogen-bond acceptors (Lipinski definition) is 3. The van der Waals surface area contributed by atoms with Crippen LogP contribution in [0.15, 0.2) is 18.2 Å². The second-order valence-electron chi connectivity index (χ2n) is 5.48. The van der Waals surface area contributed by atoms with Crippen molar-refractivity contribution in [3.8, 4) is 0 Å². The monoisotopic (exact) mass is 266 g/mol. The van der Waals surface area contributed by atoms with Gasteiger partial charge in [0.05, 0.1) is 12.2 Å². The molecule has 1 heterocycles. The summed E-state index contributed by atoms with van der Waals surface area (Å²) in [6.07, 6.45) is 0. The minimum atomic E-state index is -0.872. The number of anilines is 1. The molecule has 2 rings (SSSR count). The molecule has 0 atom stereocenters. The Morgan fingerprint density at radius 1 is 1.21 bits per heavy atom. The Bertz CT molecular complexity index is 599. The molecule has 2 aromatic rings. The summed E-state index contributed by atoms with van der Waals surface area (Å²) in [7, 11) is 0. The number of benzene rings is 1. The molecule has 0 radical (unpaired) electrons. The molecule has 0 unspecified atom stereocenters. The van der Waals surface area contributed by atoms with E-state index in [0.29, 0.717) is 17.9 Å². The zero-order chi connectivity index (χ0) is 14.2. The summed E-state index contributed by atoms with van der Waals surface area (Å²) in [6, 6.07) is 3.77. The fraction of sp³-hybridized carbons (Fsp3) is 0.385. The molecular weight excluding hydrogens is 250 g/mol. The number of aromatic nitrogens is 3. The third kappa shape index (κ3) is 2.72. The van der Waals surface area contributed by atoms with Crippen LogP contribution in [0.25, 0.3) is 0 Å². The highest BCUT2D eigenvalue weighted by Crippen LogP contribution is 2.26. The van der Waals surface area contributed by atoms with E-state index >= 15 is 0 Å². The fourth-order valence-electron chi connectivity index (χ4n) is 2.02. The highest BCUT2D eigenvalue weighted by Gasteiger charge is 2.24. The van der Waals surface area contributed by atoms with Crippen LogP contribution in [0, 0.1) is 11.6 Å². The van der Waals surface area contributed by atoms with E-state index in [9.17, 15) is 8.78 Å². The minimum absolute atomic E-state index is 0.230. The van der Waals surface area contributed by atoms with Crippen LogP contribution in [-0.4, -0.2) is 15.0 Å². The van der Waals surface area contributed by atoms with Crippen LogP contribution in [0.5, 0.6) is 0 Å². The lowest BCUT2D eigenvalue weighted by atomic mass is 9.92. The quantitative estimate of drug-likeness (QED) is 0.908. The summed E-state index contributed by atoms with van der Waals surface area (Å²) in [6.45, 7) is 6.27. The molecule has 0 fully saturated rings. The molecule has 0 bridgehead atoms. The molecule has 0 amide bonds. The lowest BCUT2D eigenvalue weighted by Crippen LogP contribution is -2.20. The third-order valence-electron chi connectivity index (χ3n) is 2.79. The van der Waals surface area contributed by atoms with Crippen LogP contribution in [0.4, 0.5) is 14.6 Å². The lowest BCUT2D eigenvalue weighted by Gasteiger charge is -2.20. The zero-order valence-electron chi connectivity index (χ0n) is 11.1. The first-order chi connectivity index (χ1) is 8.79. The van der Waals surface area contributed by atoms with Crippen molar-refractivity contribution >= 4 is 5.82 Å². The van der Waals surface area contributed by atoms with Crippen LogP contribution in [0.1, 0.15) is 32.0 Å². The smallest absolute Gasteiger partial charge is 0.169 e. The fourth-order valence-corrected chi connectivity index (χ4v) is 2.02. The molecule has 102 valence electrons. The van der Waals surface area contributed by atoms with Crippen molar-refractivity contribution < 1.29 is 8.78 Å². The average molecular weight is 266 g/mol. The van der Waals surface area contributed by atoms with Crippen LogP contribution >= 0.6 is 0 Å². The largest absolute Gasteiger partial charge is 0.381 e. The Kier molecular flexibility index (Phi) is 3.26. The van der Waals surface area contributed by atoms with Crippen molar-refractivity contribution in [2.75, 3.05) is 5.73 Å². The Morgan fingerprint density at radius 3 is 2.47 bits per heavy atom. The predicted octanol–water partition coefficient (Wildman–Crippen LogP) is 2.48. The number of rotatable bonds is 2. The molecule has 4 nitrogen and oxygen atoms in total. The van der Waals surface area contributed by atoms with E-state index in [1.54, 1.807) is 4.68 Å². The second-order valence-corrected chi connectivity index (χ2v) is 5.48. The topological polar surface area (TPSA) is 56.7 Å².